The fourth-order valence-electron chi connectivity index (χ4n) is 5.74. The summed E-state index contributed by atoms with van der Waals surface area (Å²) < 4.78 is 71.1. The molecule has 0 fully saturated rings. The first-order valence-electron chi connectivity index (χ1n) is 29.3. The van der Waals surface area contributed by atoms with Crippen molar-refractivity contribution in [2.45, 2.75) is 90.4 Å². The molecule has 0 aliphatic carbocycles. The van der Waals surface area contributed by atoms with Crippen LogP contribution in [0.5, 0.6) is 11.5 Å². The van der Waals surface area contributed by atoms with Gasteiger partial charge in [-0.15, -0.1) is 0 Å². The van der Waals surface area contributed by atoms with Gasteiger partial charge in [0.1, 0.15) is 40.5 Å². The van der Waals surface area contributed by atoms with Crippen molar-refractivity contribution in [2.24, 2.45) is 0 Å². The smallest absolute Gasteiger partial charge is 0.546 e. The van der Waals surface area contributed by atoms with Gasteiger partial charge in [0, 0.05) is 78.9 Å². The van der Waals surface area contributed by atoms with Crippen LogP contribution in [0, 0.1) is 13.8 Å². The first kappa shape index (κ1) is 121. The van der Waals surface area contributed by atoms with Gasteiger partial charge in [-0.3, -0.25) is 28.8 Å². The van der Waals surface area contributed by atoms with E-state index in [1.54, 1.807) is 91.8 Å². The summed E-state index contributed by atoms with van der Waals surface area (Å²) in [5.74, 6) is -4.49. The molecule has 0 amide bonds. The topological polar surface area (TPSA) is 360 Å². The van der Waals surface area contributed by atoms with Crippen LogP contribution >= 0.6 is 123 Å². The van der Waals surface area contributed by atoms with E-state index in [4.69, 9.17) is 124 Å². The SMILES string of the molecule is CCOC(=O)CC(SP(=S)(OC)OC)C(=O)OCC.CCOC(=O)CC(SP(=S)(OC)OC)C(=O)OCC.CCOC(=O)CC(SP(=S)(OC)OC)C(=O)OCC.Cc1cc(Cl)ccc1OCC(=O)[O-].Cc1cc(Cl)ccc1OCC(=O)[O-].S=C([S-])NCCNC(=S)[S-].S=C([S-])NCCNC(=S)[S-].[Mn+2].[Mn+2].[Mn+2]. The summed E-state index contributed by atoms with van der Waals surface area (Å²) in [5.41, 5.74) is -6.35. The summed E-state index contributed by atoms with van der Waals surface area (Å²) in [7, 11) is 8.44. The molecule has 3 atom stereocenters. The van der Waals surface area contributed by atoms with E-state index in [9.17, 15) is 48.6 Å². The number of carbonyl (C=O) groups is 8. The Labute approximate surface area is 733 Å². The fourth-order valence-corrected chi connectivity index (χ4v) is 18.6. The molecule has 3 radical (unpaired) electrons. The van der Waals surface area contributed by atoms with Crippen molar-refractivity contribution >= 4 is 274 Å². The molecule has 0 saturated heterocycles. The normalized spacial score (nSPS) is 10.9. The van der Waals surface area contributed by atoms with Gasteiger partial charge in [0.15, 0.2) is 0 Å². The number of carboxylic acids is 2. The van der Waals surface area contributed by atoms with Crippen LogP contribution in [0.15, 0.2) is 36.4 Å². The molecule has 106 heavy (non-hydrogen) atoms. The van der Waals surface area contributed by atoms with Gasteiger partial charge in [0.05, 0.1) is 70.8 Å². The number of benzene rings is 2. The first-order valence-corrected chi connectivity index (χ1v) is 45.7. The van der Waals surface area contributed by atoms with E-state index in [-0.39, 0.29) is 110 Å². The Balaban J connectivity index is -0.000000178. The Hall–Kier alpha value is -0.862. The summed E-state index contributed by atoms with van der Waals surface area (Å²) in [4.78, 5) is 90.0. The van der Waals surface area contributed by atoms with E-state index in [1.165, 1.54) is 42.7 Å². The molecule has 0 saturated carbocycles. The van der Waals surface area contributed by atoms with E-state index in [0.717, 1.165) is 45.3 Å². The van der Waals surface area contributed by atoms with Gasteiger partial charge in [-0.25, -0.2) is 0 Å². The number of rotatable bonds is 39. The van der Waals surface area contributed by atoms with Crippen molar-refractivity contribution in [3.05, 3.63) is 57.6 Å². The minimum atomic E-state index is -2.65. The van der Waals surface area contributed by atoms with Crippen molar-refractivity contribution in [3.8, 4) is 11.5 Å². The molecule has 2 aromatic rings. The predicted molar refractivity (Wildman–Crippen MR) is 438 cm³/mol. The summed E-state index contributed by atoms with van der Waals surface area (Å²) in [6, 6.07) is 9.93. The molecule has 0 aliphatic heterocycles. The van der Waals surface area contributed by atoms with E-state index in [2.05, 4.69) is 121 Å². The molecular weight excluding hydrogens is 1890 g/mol. The quantitative estimate of drug-likeness (QED) is 0.00953. The second kappa shape index (κ2) is 74.3. The summed E-state index contributed by atoms with van der Waals surface area (Å²) in [6.07, 6.45) is -0.368. The largest absolute Gasteiger partial charge is 2.00 e. The van der Waals surface area contributed by atoms with Crippen LogP contribution in [-0.4, -0.2) is 202 Å². The van der Waals surface area contributed by atoms with Crippen molar-refractivity contribution in [1.82, 2.24) is 21.3 Å². The maximum atomic E-state index is 11.8. The van der Waals surface area contributed by atoms with Gasteiger partial charge in [0.25, 0.3) is 0 Å². The average Bonchev–Trinajstić information content (AvgIpc) is 0.900. The maximum Gasteiger partial charge on any atom is 2.00 e. The number of aryl methyl sites for hydroxylation is 2. The number of carbonyl (C=O) groups excluding carboxylic acids is 8. The molecule has 2 rings (SSSR count). The molecule has 50 heteroatoms. The van der Waals surface area contributed by atoms with Crippen LogP contribution in [-0.2, 0) is 231 Å². The number of esters is 6. The standard InChI is InChI=1S/3C10H19O6PS2.2C9H9ClO3.2C4H8N2S4.3Mn/c3*1-5-15-9(11)7-8(10(12)16-6-2)19-17(18,13-3)14-4;2*1-6-4-7(10)2-3-8(6)13-5-9(11)12;2*7-3(8)5-1-2-6-4(9)10;;;/h3*8H,5-7H2,1-4H3;2*2-4H,5H2,1H3,(H,11,12);2*1-2H2,(H2,5,7,8)(H2,6,9,10);;;/q;;;;;;;3*+2/p-6. The molecule has 3 unspecified atom stereocenters. The molecule has 607 valence electrons. The third-order valence-corrected chi connectivity index (χ3v) is 29.3. The molecule has 0 spiro atoms. The first-order chi connectivity index (χ1) is 48.2. The Morgan fingerprint density at radius 1 is 0.425 bits per heavy atom. The van der Waals surface area contributed by atoms with Crippen LogP contribution < -0.4 is 41.0 Å². The molecule has 0 aromatic heterocycles. The second-order valence-electron chi connectivity index (χ2n) is 17.5. The molecule has 0 aliphatic rings. The van der Waals surface area contributed by atoms with Crippen LogP contribution in [0.3, 0.4) is 0 Å². The van der Waals surface area contributed by atoms with Crippen LogP contribution in [0.4, 0.5) is 0 Å². The fraction of sp³-hybridized carbons (Fsp3) is 0.571. The number of aliphatic carboxylic acids is 2. The van der Waals surface area contributed by atoms with Gasteiger partial charge in [0.2, 0.25) is 17.1 Å². The number of halogens is 2. The number of carboxylic acid groups (broad SMARTS) is 2. The van der Waals surface area contributed by atoms with Gasteiger partial charge < -0.3 is 205 Å². The third kappa shape index (κ3) is 69.8. The summed E-state index contributed by atoms with van der Waals surface area (Å²) in [5, 5.41) is 30.1. The third-order valence-electron chi connectivity index (χ3n) is 10.0. The number of ether oxygens (including phenoxy) is 8. The Morgan fingerprint density at radius 2 is 0.632 bits per heavy atom. The van der Waals surface area contributed by atoms with Crippen LogP contribution in [0.2, 0.25) is 10.0 Å². The Bertz CT molecular complexity index is 2790. The van der Waals surface area contributed by atoms with E-state index in [1.807, 2.05) is 0 Å². The number of hydrogen-bond acceptors (Lipinski definition) is 38. The molecule has 0 bridgehead atoms. The van der Waals surface area contributed by atoms with Crippen LogP contribution in [0.25, 0.3) is 0 Å². The van der Waals surface area contributed by atoms with E-state index < -0.39 is 93.8 Å². The maximum absolute atomic E-state index is 11.8. The van der Waals surface area contributed by atoms with Crippen molar-refractivity contribution < 1.29 is 165 Å². The summed E-state index contributed by atoms with van der Waals surface area (Å²) >= 11 is 66.6. The number of nitrogens with one attached hydrogen (secondary N) is 4. The van der Waals surface area contributed by atoms with Gasteiger partial charge >= 0.3 is 87.0 Å². The minimum Gasteiger partial charge on any atom is -0.546 e. The minimum absolute atomic E-state index is 0. The number of hydrogen-bond donors (Lipinski definition) is 4. The van der Waals surface area contributed by atoms with Gasteiger partial charge in [-0.1, -0.05) is 74.6 Å². The zero-order chi connectivity index (χ0) is 80.3. The zero-order valence-corrected chi connectivity index (χ0v) is 78.7. The van der Waals surface area contributed by atoms with E-state index in [0.29, 0.717) is 65.0 Å². The van der Waals surface area contributed by atoms with Crippen LogP contribution in [0.1, 0.15) is 71.9 Å². The Morgan fingerprint density at radius 3 is 0.792 bits per heavy atom. The number of thiocarbonyl (C=S) groups is 4. The second-order valence-corrected chi connectivity index (χ2v) is 42.5. The Kier molecular flexibility index (Phi) is 84.7. The predicted octanol–water partition coefficient (Wildman–Crippen LogP) is 7.57. The molecule has 2 aromatic carbocycles. The molecule has 0 heterocycles. The van der Waals surface area contributed by atoms with Crippen molar-refractivity contribution in [1.29, 1.82) is 0 Å². The van der Waals surface area contributed by atoms with Crippen molar-refractivity contribution in [2.75, 3.05) is 122 Å². The van der Waals surface area contributed by atoms with Gasteiger partial charge in [-0.2, -0.15) is 0 Å². The molecule has 28 nitrogen and oxygen atoms in total. The zero-order valence-electron chi connectivity index (χ0n) is 59.5. The van der Waals surface area contributed by atoms with Crippen molar-refractivity contribution in [3.63, 3.8) is 0 Å². The molecule has 4 N–H and O–H groups in total. The average molecular weight is 1980 g/mol. The van der Waals surface area contributed by atoms with Gasteiger partial charge in [-0.05, 0) is 138 Å². The molecular formula is C56H85Cl2Mn3N4O24P3S14. The van der Waals surface area contributed by atoms with E-state index >= 15 is 0 Å². The summed E-state index contributed by atoms with van der Waals surface area (Å²) in [6.45, 7) is 16.9. The monoisotopic (exact) mass is 1970 g/mol.